The van der Waals surface area contributed by atoms with Crippen molar-refractivity contribution < 1.29 is 4.74 Å². The van der Waals surface area contributed by atoms with Crippen LogP contribution >= 0.6 is 11.8 Å². The van der Waals surface area contributed by atoms with Gasteiger partial charge in [0.15, 0.2) is 4.93 Å². The molecular weight excluding hydrogens is 230 g/mol. The quantitative estimate of drug-likeness (QED) is 0.890. The highest BCUT2D eigenvalue weighted by Gasteiger charge is 2.38. The number of thioether (sulfide) groups is 1. The summed E-state index contributed by atoms with van der Waals surface area (Å²) in [4.78, 5) is -0.186. The second-order valence-electron chi connectivity index (χ2n) is 4.67. The molecule has 2 nitrogen and oxygen atoms in total. The fourth-order valence-corrected chi connectivity index (χ4v) is 3.03. The highest BCUT2D eigenvalue weighted by atomic mass is 32.2. The van der Waals surface area contributed by atoms with E-state index in [0.29, 0.717) is 12.5 Å². The summed E-state index contributed by atoms with van der Waals surface area (Å²) in [7, 11) is 0. The van der Waals surface area contributed by atoms with Crippen LogP contribution in [0.5, 0.6) is 5.75 Å². The third-order valence-electron chi connectivity index (χ3n) is 3.43. The first kappa shape index (κ1) is 12.5. The normalized spacial score (nSPS) is 28.0. The zero-order chi connectivity index (χ0) is 12.5. The Labute approximate surface area is 107 Å². The van der Waals surface area contributed by atoms with Gasteiger partial charge in [-0.15, -0.1) is 0 Å². The van der Waals surface area contributed by atoms with Crippen LogP contribution in [0.25, 0.3) is 0 Å². The van der Waals surface area contributed by atoms with E-state index >= 15 is 0 Å². The second kappa shape index (κ2) is 4.75. The maximum atomic E-state index is 6.12. The van der Waals surface area contributed by atoms with Gasteiger partial charge in [0.05, 0.1) is 0 Å². The van der Waals surface area contributed by atoms with Crippen LogP contribution in [0.1, 0.15) is 26.3 Å². The maximum absolute atomic E-state index is 6.12. The van der Waals surface area contributed by atoms with Gasteiger partial charge in [-0.2, -0.15) is 0 Å². The van der Waals surface area contributed by atoms with Crippen molar-refractivity contribution in [2.24, 2.45) is 11.7 Å². The van der Waals surface area contributed by atoms with Gasteiger partial charge in [-0.3, -0.25) is 0 Å². The fourth-order valence-electron chi connectivity index (χ4n) is 1.87. The Hall–Kier alpha value is -0.930. The van der Waals surface area contributed by atoms with Crippen molar-refractivity contribution in [1.82, 2.24) is 0 Å². The third-order valence-corrected chi connectivity index (χ3v) is 4.82. The molecule has 0 fully saturated rings. The Balaban J connectivity index is 2.10. The molecule has 2 atom stereocenters. The molecule has 1 aliphatic rings. The molecule has 1 aromatic carbocycles. The first-order valence-corrected chi connectivity index (χ1v) is 6.75. The van der Waals surface area contributed by atoms with Crippen molar-refractivity contribution in [2.75, 3.05) is 0 Å². The van der Waals surface area contributed by atoms with E-state index in [0.717, 1.165) is 11.3 Å². The van der Waals surface area contributed by atoms with Gasteiger partial charge in [0.2, 0.25) is 0 Å². The van der Waals surface area contributed by atoms with Crippen molar-refractivity contribution >= 4 is 11.8 Å². The van der Waals surface area contributed by atoms with Gasteiger partial charge in [-0.1, -0.05) is 36.4 Å². The molecule has 0 aliphatic carbocycles. The number of hydrogen-bond acceptors (Lipinski definition) is 3. The first-order chi connectivity index (χ1) is 8.05. The van der Waals surface area contributed by atoms with E-state index in [1.165, 1.54) is 5.57 Å². The zero-order valence-corrected chi connectivity index (χ0v) is 11.4. The van der Waals surface area contributed by atoms with E-state index in [4.69, 9.17) is 10.5 Å². The van der Waals surface area contributed by atoms with Crippen LogP contribution < -0.4 is 10.5 Å². The van der Waals surface area contributed by atoms with E-state index in [9.17, 15) is 0 Å². The molecule has 2 N–H and O–H groups in total. The van der Waals surface area contributed by atoms with E-state index < -0.39 is 0 Å². The summed E-state index contributed by atoms with van der Waals surface area (Å²) in [5, 5.41) is 2.19. The summed E-state index contributed by atoms with van der Waals surface area (Å²) in [6.45, 7) is 7.08. The lowest BCUT2D eigenvalue weighted by Gasteiger charge is -2.30. The molecule has 2 rings (SSSR count). The molecule has 2 unspecified atom stereocenters. The highest BCUT2D eigenvalue weighted by Crippen LogP contribution is 2.45. The minimum Gasteiger partial charge on any atom is -0.476 e. The van der Waals surface area contributed by atoms with Gasteiger partial charge >= 0.3 is 0 Å². The molecule has 0 saturated carbocycles. The van der Waals surface area contributed by atoms with Crippen LogP contribution in [0.2, 0.25) is 0 Å². The van der Waals surface area contributed by atoms with Crippen molar-refractivity contribution in [1.29, 1.82) is 0 Å². The average Bonchev–Trinajstić information content (AvgIpc) is 2.59. The van der Waals surface area contributed by atoms with Crippen LogP contribution in [-0.4, -0.2) is 4.93 Å². The summed E-state index contributed by atoms with van der Waals surface area (Å²) in [5.41, 5.74) is 8.09. The predicted molar refractivity (Wildman–Crippen MR) is 73.9 cm³/mol. The second-order valence-corrected chi connectivity index (χ2v) is 5.95. The van der Waals surface area contributed by atoms with E-state index in [1.807, 2.05) is 24.3 Å². The number of hydrogen-bond donors (Lipinski definition) is 1. The molecule has 1 aromatic rings. The van der Waals surface area contributed by atoms with E-state index in [1.54, 1.807) is 11.8 Å². The summed E-state index contributed by atoms with van der Waals surface area (Å²) >= 11 is 1.76. The van der Waals surface area contributed by atoms with Crippen molar-refractivity contribution in [2.45, 2.75) is 32.2 Å². The molecule has 1 aliphatic heterocycles. The lowest BCUT2D eigenvalue weighted by Crippen LogP contribution is -2.33. The van der Waals surface area contributed by atoms with Crippen LogP contribution in [0.15, 0.2) is 35.2 Å². The molecule has 0 saturated heterocycles. The minimum atomic E-state index is -0.186. The van der Waals surface area contributed by atoms with Crippen molar-refractivity contribution in [3.63, 3.8) is 0 Å². The lowest BCUT2D eigenvalue weighted by molar-refractivity contribution is 0.147. The van der Waals surface area contributed by atoms with Crippen LogP contribution in [0.3, 0.4) is 0 Å². The molecular formula is C14H19NOS. The van der Waals surface area contributed by atoms with Crippen molar-refractivity contribution in [3.05, 3.63) is 40.8 Å². The monoisotopic (exact) mass is 249 g/mol. The Morgan fingerprint density at radius 3 is 2.47 bits per heavy atom. The molecule has 0 radical (unpaired) electrons. The Morgan fingerprint density at radius 1 is 1.35 bits per heavy atom. The molecule has 3 heteroatoms. The van der Waals surface area contributed by atoms with Gasteiger partial charge in [-0.05, 0) is 37.0 Å². The van der Waals surface area contributed by atoms with Crippen LogP contribution in [0, 0.1) is 5.92 Å². The molecule has 0 aromatic heterocycles. The zero-order valence-electron chi connectivity index (χ0n) is 10.6. The Morgan fingerprint density at radius 2 is 2.00 bits per heavy atom. The average molecular weight is 249 g/mol. The van der Waals surface area contributed by atoms with Gasteiger partial charge in [0.1, 0.15) is 5.75 Å². The number of rotatable bonds is 3. The summed E-state index contributed by atoms with van der Waals surface area (Å²) in [6.07, 6.45) is 0. The van der Waals surface area contributed by atoms with E-state index in [2.05, 4.69) is 26.2 Å². The van der Waals surface area contributed by atoms with Gasteiger partial charge in [-0.25, -0.2) is 0 Å². The highest BCUT2D eigenvalue weighted by molar-refractivity contribution is 8.03. The minimum absolute atomic E-state index is 0.186. The molecule has 0 spiro atoms. The van der Waals surface area contributed by atoms with Crippen molar-refractivity contribution in [3.8, 4) is 5.75 Å². The Kier molecular flexibility index (Phi) is 3.50. The van der Waals surface area contributed by atoms with E-state index in [-0.39, 0.29) is 4.93 Å². The molecule has 0 bridgehead atoms. The molecule has 0 amide bonds. The van der Waals surface area contributed by atoms with Gasteiger partial charge in [0, 0.05) is 12.5 Å². The van der Waals surface area contributed by atoms with Gasteiger partial charge in [0.25, 0.3) is 0 Å². The summed E-state index contributed by atoms with van der Waals surface area (Å²) in [6, 6.07) is 8.02. The number of ether oxygens (including phenoxy) is 1. The third kappa shape index (κ3) is 2.50. The fraction of sp³-hybridized carbons (Fsp3) is 0.429. The lowest BCUT2D eigenvalue weighted by atomic mass is 9.98. The Bertz CT molecular complexity index is 426. The summed E-state index contributed by atoms with van der Waals surface area (Å²) < 4.78 is 6.12. The number of nitrogens with two attached hydrogens (primary N) is 1. The van der Waals surface area contributed by atoms with Crippen LogP contribution in [0.4, 0.5) is 0 Å². The standard InChI is InChI=1S/C14H19NOS/c1-10-9-17-14(3,11(10)2)16-13-6-4-12(8-15)5-7-13/h4-7,9,11H,8,15H2,1-3H3. The van der Waals surface area contributed by atoms with Crippen LogP contribution in [-0.2, 0) is 6.54 Å². The first-order valence-electron chi connectivity index (χ1n) is 5.87. The predicted octanol–water partition coefficient (Wildman–Crippen LogP) is 3.53. The largest absolute Gasteiger partial charge is 0.476 e. The topological polar surface area (TPSA) is 35.2 Å². The van der Waals surface area contributed by atoms with Gasteiger partial charge < -0.3 is 10.5 Å². The molecule has 1 heterocycles. The maximum Gasteiger partial charge on any atom is 0.161 e. The molecule has 17 heavy (non-hydrogen) atoms. The summed E-state index contributed by atoms with van der Waals surface area (Å²) in [5.74, 6) is 1.34. The smallest absolute Gasteiger partial charge is 0.161 e. The SMILES string of the molecule is CC1=CSC(C)(Oc2ccc(CN)cc2)C1C. The number of benzene rings is 1. The molecule has 92 valence electrons.